The van der Waals surface area contributed by atoms with Gasteiger partial charge in [0.15, 0.2) is 0 Å². The molecule has 4 rings (SSSR count). The minimum absolute atomic E-state index is 0.130. The Kier molecular flexibility index (Phi) is 5.30. The molecular formula is C23H34N2O2. The minimum atomic E-state index is -0.580. The van der Waals surface area contributed by atoms with E-state index in [1.807, 2.05) is 0 Å². The molecule has 0 bridgehead atoms. The first kappa shape index (κ1) is 18.9. The standard InChI is InChI=1S/C23H34N2O2/c1-22-15-16-25(20(22)9-5-6-10-21(26)24-22)17-23(27)13-11-19(12-14-23)18-7-3-2-4-8-18/h2-4,7-8,19-20,27H,5-6,9-17H2,1H3,(H,24,26)/t19?,20-,22-,23?/m0/s1. The molecule has 1 saturated carbocycles. The Labute approximate surface area is 163 Å². The summed E-state index contributed by atoms with van der Waals surface area (Å²) in [6, 6.07) is 11.1. The van der Waals surface area contributed by atoms with Gasteiger partial charge in [0.05, 0.1) is 11.1 Å². The third-order valence-electron chi connectivity index (χ3n) is 7.34. The highest BCUT2D eigenvalue weighted by Crippen LogP contribution is 2.41. The average Bonchev–Trinajstić information content (AvgIpc) is 2.93. The van der Waals surface area contributed by atoms with E-state index in [0.29, 0.717) is 18.4 Å². The number of β-amino-alcohol motifs (C(OH)–C–C–N with tert-alkyl or cyclic N) is 1. The second-order valence-corrected chi connectivity index (χ2v) is 9.36. The maximum Gasteiger partial charge on any atom is 0.220 e. The average molecular weight is 371 g/mol. The lowest BCUT2D eigenvalue weighted by atomic mass is 9.75. The number of nitrogens with zero attached hydrogens (tertiary/aromatic N) is 1. The van der Waals surface area contributed by atoms with Gasteiger partial charge in [-0.3, -0.25) is 9.69 Å². The van der Waals surface area contributed by atoms with Gasteiger partial charge in [-0.2, -0.15) is 0 Å². The van der Waals surface area contributed by atoms with Gasteiger partial charge in [0, 0.05) is 25.6 Å². The highest BCUT2D eigenvalue weighted by Gasteiger charge is 2.47. The number of carbonyl (C=O) groups excluding carboxylic acids is 1. The SMILES string of the molecule is C[C@]12CCN(CC3(O)CCC(c4ccccc4)CC3)[C@H]1CCCCC(=O)N2. The van der Waals surface area contributed by atoms with Gasteiger partial charge in [0.1, 0.15) is 0 Å². The number of likely N-dealkylation sites (tertiary alicyclic amines) is 1. The van der Waals surface area contributed by atoms with Crippen molar-refractivity contribution < 1.29 is 9.90 Å². The number of aliphatic hydroxyl groups is 1. The van der Waals surface area contributed by atoms with Crippen LogP contribution < -0.4 is 5.32 Å². The minimum Gasteiger partial charge on any atom is -0.389 e. The highest BCUT2D eigenvalue weighted by atomic mass is 16.3. The predicted molar refractivity (Wildman–Crippen MR) is 108 cm³/mol. The fourth-order valence-corrected chi connectivity index (χ4v) is 5.69. The van der Waals surface area contributed by atoms with Crippen LogP contribution in [-0.2, 0) is 4.79 Å². The van der Waals surface area contributed by atoms with Crippen LogP contribution in [0.4, 0.5) is 0 Å². The van der Waals surface area contributed by atoms with Gasteiger partial charge in [0.2, 0.25) is 5.91 Å². The molecule has 2 aliphatic heterocycles. The van der Waals surface area contributed by atoms with Crippen molar-refractivity contribution in [1.29, 1.82) is 0 Å². The van der Waals surface area contributed by atoms with Crippen molar-refractivity contribution in [2.24, 2.45) is 0 Å². The van der Waals surface area contributed by atoms with Crippen LogP contribution in [0.25, 0.3) is 0 Å². The van der Waals surface area contributed by atoms with E-state index in [9.17, 15) is 9.90 Å². The third kappa shape index (κ3) is 4.07. The zero-order valence-corrected chi connectivity index (χ0v) is 16.6. The van der Waals surface area contributed by atoms with Crippen LogP contribution >= 0.6 is 0 Å². The number of nitrogens with one attached hydrogen (secondary N) is 1. The summed E-state index contributed by atoms with van der Waals surface area (Å²) in [5.41, 5.74) is 0.703. The monoisotopic (exact) mass is 370 g/mol. The molecule has 3 aliphatic rings. The zero-order chi connectivity index (χ0) is 18.9. The third-order valence-corrected chi connectivity index (χ3v) is 7.34. The fraction of sp³-hybridized carbons (Fsp3) is 0.696. The summed E-state index contributed by atoms with van der Waals surface area (Å²) in [4.78, 5) is 14.6. The van der Waals surface area contributed by atoms with Crippen molar-refractivity contribution in [3.05, 3.63) is 35.9 Å². The summed E-state index contributed by atoms with van der Waals surface area (Å²) in [5.74, 6) is 0.780. The van der Waals surface area contributed by atoms with Crippen LogP contribution in [-0.4, -0.2) is 46.2 Å². The second kappa shape index (κ2) is 7.56. The molecule has 1 aromatic carbocycles. The maximum atomic E-state index is 12.1. The van der Waals surface area contributed by atoms with Gasteiger partial charge in [0.25, 0.3) is 0 Å². The van der Waals surface area contributed by atoms with Gasteiger partial charge in [-0.25, -0.2) is 0 Å². The number of fused-ring (bicyclic) bond motifs is 1. The molecule has 3 fully saturated rings. The van der Waals surface area contributed by atoms with Crippen LogP contribution in [0.1, 0.15) is 76.2 Å². The van der Waals surface area contributed by atoms with Gasteiger partial charge in [-0.1, -0.05) is 36.8 Å². The lowest BCUT2D eigenvalue weighted by Crippen LogP contribution is -2.57. The van der Waals surface area contributed by atoms with Crippen LogP contribution in [0.2, 0.25) is 0 Å². The van der Waals surface area contributed by atoms with Crippen molar-refractivity contribution >= 4 is 5.91 Å². The van der Waals surface area contributed by atoms with Gasteiger partial charge in [-0.05, 0) is 63.4 Å². The summed E-state index contributed by atoms with van der Waals surface area (Å²) < 4.78 is 0. The number of hydrogen-bond donors (Lipinski definition) is 2. The molecule has 4 nitrogen and oxygen atoms in total. The maximum absolute atomic E-state index is 12.1. The molecule has 0 aromatic heterocycles. The van der Waals surface area contributed by atoms with Crippen LogP contribution in [0.3, 0.4) is 0 Å². The zero-order valence-electron chi connectivity index (χ0n) is 16.6. The van der Waals surface area contributed by atoms with E-state index in [1.54, 1.807) is 0 Å². The van der Waals surface area contributed by atoms with Crippen LogP contribution in [0.15, 0.2) is 30.3 Å². The van der Waals surface area contributed by atoms with Gasteiger partial charge in [-0.15, -0.1) is 0 Å². The first-order valence-electron chi connectivity index (χ1n) is 10.8. The van der Waals surface area contributed by atoms with E-state index in [-0.39, 0.29) is 11.4 Å². The van der Waals surface area contributed by atoms with Crippen molar-refractivity contribution in [2.75, 3.05) is 13.1 Å². The normalized spacial score (nSPS) is 37.9. The molecule has 1 amide bonds. The lowest BCUT2D eigenvalue weighted by Gasteiger charge is -2.43. The molecule has 1 aliphatic carbocycles. The molecule has 27 heavy (non-hydrogen) atoms. The van der Waals surface area contributed by atoms with Crippen molar-refractivity contribution in [2.45, 2.75) is 87.8 Å². The van der Waals surface area contributed by atoms with Crippen molar-refractivity contribution in [3.8, 4) is 0 Å². The molecule has 2 atom stereocenters. The summed E-state index contributed by atoms with van der Waals surface area (Å²) in [6.07, 6.45) is 8.74. The Morgan fingerprint density at radius 3 is 2.59 bits per heavy atom. The number of amides is 1. The van der Waals surface area contributed by atoms with E-state index in [1.165, 1.54) is 5.56 Å². The molecule has 2 saturated heterocycles. The highest BCUT2D eigenvalue weighted by molar-refractivity contribution is 5.77. The Balaban J connectivity index is 1.39. The molecule has 148 valence electrons. The second-order valence-electron chi connectivity index (χ2n) is 9.36. The molecule has 2 N–H and O–H groups in total. The molecule has 1 aromatic rings. The first-order chi connectivity index (χ1) is 13.0. The summed E-state index contributed by atoms with van der Waals surface area (Å²) in [7, 11) is 0. The smallest absolute Gasteiger partial charge is 0.220 e. The van der Waals surface area contributed by atoms with E-state index in [4.69, 9.17) is 0 Å². The molecule has 2 heterocycles. The molecule has 0 unspecified atom stereocenters. The molecule has 0 spiro atoms. The quantitative estimate of drug-likeness (QED) is 0.855. The number of hydrogen-bond acceptors (Lipinski definition) is 3. The van der Waals surface area contributed by atoms with E-state index < -0.39 is 5.60 Å². The Hall–Kier alpha value is -1.39. The summed E-state index contributed by atoms with van der Waals surface area (Å²) >= 11 is 0. The lowest BCUT2D eigenvalue weighted by molar-refractivity contribution is -0.124. The van der Waals surface area contributed by atoms with Gasteiger partial charge >= 0.3 is 0 Å². The summed E-state index contributed by atoms with van der Waals surface area (Å²) in [6.45, 7) is 3.94. The van der Waals surface area contributed by atoms with E-state index in [0.717, 1.165) is 64.5 Å². The predicted octanol–water partition coefficient (Wildman–Crippen LogP) is 3.60. The van der Waals surface area contributed by atoms with Crippen molar-refractivity contribution in [3.63, 3.8) is 0 Å². The van der Waals surface area contributed by atoms with Crippen LogP contribution in [0.5, 0.6) is 0 Å². The number of carbonyl (C=O) groups is 1. The van der Waals surface area contributed by atoms with E-state index in [2.05, 4.69) is 47.5 Å². The Bertz CT molecular complexity index is 654. The molecule has 0 radical (unpaired) electrons. The molecule has 4 heteroatoms. The Morgan fingerprint density at radius 2 is 1.85 bits per heavy atom. The molecular weight excluding hydrogens is 336 g/mol. The first-order valence-corrected chi connectivity index (χ1v) is 10.8. The number of rotatable bonds is 3. The fourth-order valence-electron chi connectivity index (χ4n) is 5.69. The van der Waals surface area contributed by atoms with Crippen LogP contribution in [0, 0.1) is 0 Å². The Morgan fingerprint density at radius 1 is 1.11 bits per heavy atom. The summed E-state index contributed by atoms with van der Waals surface area (Å²) in [5, 5.41) is 14.6. The van der Waals surface area contributed by atoms with Crippen molar-refractivity contribution in [1.82, 2.24) is 10.2 Å². The van der Waals surface area contributed by atoms with E-state index >= 15 is 0 Å². The van der Waals surface area contributed by atoms with Gasteiger partial charge < -0.3 is 10.4 Å². The largest absolute Gasteiger partial charge is 0.389 e. The topological polar surface area (TPSA) is 52.6 Å². The number of benzene rings is 1.